The third kappa shape index (κ3) is 0.857. The standard InChI is InChI=1S/C9H6N2O/c10-3-6-1-8(12)2-7-4-11-5-9(6)7/h1-2,5,12H,4H2. The fourth-order valence-electron chi connectivity index (χ4n) is 1.31. The van der Waals surface area contributed by atoms with E-state index in [0.717, 1.165) is 11.1 Å². The summed E-state index contributed by atoms with van der Waals surface area (Å²) in [5.41, 5.74) is 2.26. The lowest BCUT2D eigenvalue weighted by Gasteiger charge is -1.99. The molecule has 0 unspecified atom stereocenters. The zero-order valence-corrected chi connectivity index (χ0v) is 6.28. The van der Waals surface area contributed by atoms with Gasteiger partial charge < -0.3 is 5.11 Å². The molecule has 0 bridgehead atoms. The average molecular weight is 158 g/mol. The van der Waals surface area contributed by atoms with Gasteiger partial charge in [0.1, 0.15) is 5.75 Å². The average Bonchev–Trinajstić information content (AvgIpc) is 2.50. The van der Waals surface area contributed by atoms with Crippen LogP contribution in [0.4, 0.5) is 0 Å². The second-order valence-electron chi connectivity index (χ2n) is 2.65. The molecule has 0 spiro atoms. The number of fused-ring (bicyclic) bond motifs is 1. The number of aliphatic imine (C=N–C) groups is 1. The predicted octanol–water partition coefficient (Wildman–Crippen LogP) is 1.20. The molecule has 3 nitrogen and oxygen atoms in total. The third-order valence-corrected chi connectivity index (χ3v) is 1.85. The number of hydrogen-bond donors (Lipinski definition) is 1. The molecule has 1 aliphatic heterocycles. The van der Waals surface area contributed by atoms with Gasteiger partial charge in [0.05, 0.1) is 18.2 Å². The molecule has 0 atom stereocenters. The zero-order chi connectivity index (χ0) is 8.55. The number of rotatable bonds is 0. The molecule has 1 aromatic carbocycles. The van der Waals surface area contributed by atoms with Crippen molar-refractivity contribution >= 4 is 6.21 Å². The maximum absolute atomic E-state index is 9.20. The van der Waals surface area contributed by atoms with Gasteiger partial charge in [0.15, 0.2) is 0 Å². The summed E-state index contributed by atoms with van der Waals surface area (Å²) in [6.45, 7) is 0.568. The Labute approximate surface area is 69.6 Å². The number of benzene rings is 1. The van der Waals surface area contributed by atoms with E-state index in [0.29, 0.717) is 12.1 Å². The van der Waals surface area contributed by atoms with Crippen LogP contribution in [0.2, 0.25) is 0 Å². The number of phenolic OH excluding ortho intramolecular Hbond substituents is 1. The van der Waals surface area contributed by atoms with Crippen molar-refractivity contribution in [1.29, 1.82) is 5.26 Å². The highest BCUT2D eigenvalue weighted by molar-refractivity contribution is 5.88. The molecule has 1 aromatic rings. The summed E-state index contributed by atoms with van der Waals surface area (Å²) in [5.74, 6) is 0.135. The van der Waals surface area contributed by atoms with Crippen LogP contribution in [0, 0.1) is 11.3 Å². The van der Waals surface area contributed by atoms with Gasteiger partial charge in [-0.15, -0.1) is 0 Å². The van der Waals surface area contributed by atoms with Crippen LogP contribution in [0.3, 0.4) is 0 Å². The van der Waals surface area contributed by atoms with E-state index in [1.54, 1.807) is 12.3 Å². The first-order chi connectivity index (χ1) is 5.81. The maximum atomic E-state index is 9.20. The van der Waals surface area contributed by atoms with Gasteiger partial charge >= 0.3 is 0 Å². The van der Waals surface area contributed by atoms with Crippen LogP contribution >= 0.6 is 0 Å². The maximum Gasteiger partial charge on any atom is 0.117 e. The van der Waals surface area contributed by atoms with Gasteiger partial charge in [0, 0.05) is 11.8 Å². The van der Waals surface area contributed by atoms with Crippen molar-refractivity contribution in [3.63, 3.8) is 0 Å². The van der Waals surface area contributed by atoms with Gasteiger partial charge in [-0.05, 0) is 17.7 Å². The van der Waals surface area contributed by atoms with Gasteiger partial charge in [-0.25, -0.2) is 0 Å². The molecular weight excluding hydrogens is 152 g/mol. The highest BCUT2D eigenvalue weighted by atomic mass is 16.3. The van der Waals surface area contributed by atoms with E-state index in [1.165, 1.54) is 6.07 Å². The summed E-state index contributed by atoms with van der Waals surface area (Å²) < 4.78 is 0. The molecule has 58 valence electrons. The summed E-state index contributed by atoms with van der Waals surface area (Å²) in [4.78, 5) is 4.01. The monoisotopic (exact) mass is 158 g/mol. The first kappa shape index (κ1) is 6.86. The largest absolute Gasteiger partial charge is 0.508 e. The molecule has 0 amide bonds. The van der Waals surface area contributed by atoms with Crippen molar-refractivity contribution in [2.75, 3.05) is 0 Å². The highest BCUT2D eigenvalue weighted by Crippen LogP contribution is 2.23. The molecule has 0 aromatic heterocycles. The van der Waals surface area contributed by atoms with Crippen molar-refractivity contribution < 1.29 is 5.11 Å². The molecule has 1 heterocycles. The molecule has 2 rings (SSSR count). The molecule has 1 aliphatic rings. The van der Waals surface area contributed by atoms with E-state index >= 15 is 0 Å². The topological polar surface area (TPSA) is 56.4 Å². The van der Waals surface area contributed by atoms with E-state index in [1.807, 2.05) is 6.07 Å². The number of nitriles is 1. The fourth-order valence-corrected chi connectivity index (χ4v) is 1.31. The molecule has 0 saturated heterocycles. The minimum absolute atomic E-state index is 0.135. The van der Waals surface area contributed by atoms with Gasteiger partial charge in [0.25, 0.3) is 0 Å². The number of nitrogens with zero attached hydrogens (tertiary/aromatic N) is 2. The minimum atomic E-state index is 0.135. The smallest absolute Gasteiger partial charge is 0.117 e. The Kier molecular flexibility index (Phi) is 1.34. The van der Waals surface area contributed by atoms with Crippen molar-refractivity contribution in [3.8, 4) is 11.8 Å². The first-order valence-electron chi connectivity index (χ1n) is 3.57. The van der Waals surface area contributed by atoms with E-state index in [4.69, 9.17) is 5.26 Å². The number of hydrogen-bond acceptors (Lipinski definition) is 3. The van der Waals surface area contributed by atoms with E-state index in [2.05, 4.69) is 4.99 Å². The third-order valence-electron chi connectivity index (χ3n) is 1.85. The van der Waals surface area contributed by atoms with E-state index < -0.39 is 0 Å². The Morgan fingerprint density at radius 3 is 3.08 bits per heavy atom. The zero-order valence-electron chi connectivity index (χ0n) is 6.28. The lowest BCUT2D eigenvalue weighted by molar-refractivity contribution is 0.474. The molecule has 0 aliphatic carbocycles. The van der Waals surface area contributed by atoms with Gasteiger partial charge in [-0.3, -0.25) is 4.99 Å². The summed E-state index contributed by atoms with van der Waals surface area (Å²) >= 11 is 0. The summed E-state index contributed by atoms with van der Waals surface area (Å²) in [6, 6.07) is 5.11. The fraction of sp³-hybridized carbons (Fsp3) is 0.111. The Morgan fingerprint density at radius 1 is 1.50 bits per heavy atom. The normalized spacial score (nSPS) is 12.6. The minimum Gasteiger partial charge on any atom is -0.508 e. The lowest BCUT2D eigenvalue weighted by Crippen LogP contribution is -1.89. The Balaban J connectivity index is 2.70. The van der Waals surface area contributed by atoms with Crippen molar-refractivity contribution in [3.05, 3.63) is 28.8 Å². The van der Waals surface area contributed by atoms with Crippen LogP contribution in [0.25, 0.3) is 0 Å². The van der Waals surface area contributed by atoms with Crippen LogP contribution < -0.4 is 0 Å². The summed E-state index contributed by atoms with van der Waals surface area (Å²) in [6.07, 6.45) is 1.67. The van der Waals surface area contributed by atoms with Crippen molar-refractivity contribution in [2.24, 2.45) is 4.99 Å². The van der Waals surface area contributed by atoms with Crippen LogP contribution in [0.5, 0.6) is 5.75 Å². The quantitative estimate of drug-likeness (QED) is 0.616. The molecule has 0 saturated carbocycles. The molecule has 0 radical (unpaired) electrons. The second kappa shape index (κ2) is 2.35. The highest BCUT2D eigenvalue weighted by Gasteiger charge is 2.11. The second-order valence-corrected chi connectivity index (χ2v) is 2.65. The molecule has 1 N–H and O–H groups in total. The lowest BCUT2D eigenvalue weighted by atomic mass is 10.0. The Hall–Kier alpha value is -1.82. The van der Waals surface area contributed by atoms with Crippen molar-refractivity contribution in [2.45, 2.75) is 6.54 Å². The number of phenols is 1. The van der Waals surface area contributed by atoms with Gasteiger partial charge in [-0.2, -0.15) is 5.26 Å². The first-order valence-corrected chi connectivity index (χ1v) is 3.57. The molecule has 3 heteroatoms. The molecule has 0 fully saturated rings. The summed E-state index contributed by atoms with van der Waals surface area (Å²) in [5, 5.41) is 17.9. The van der Waals surface area contributed by atoms with Crippen molar-refractivity contribution in [1.82, 2.24) is 0 Å². The van der Waals surface area contributed by atoms with Crippen LogP contribution in [-0.2, 0) is 6.54 Å². The Morgan fingerprint density at radius 2 is 2.33 bits per heavy atom. The van der Waals surface area contributed by atoms with E-state index in [9.17, 15) is 5.11 Å². The number of aromatic hydroxyl groups is 1. The summed E-state index contributed by atoms with van der Waals surface area (Å²) in [7, 11) is 0. The predicted molar refractivity (Wildman–Crippen MR) is 44.1 cm³/mol. The SMILES string of the molecule is N#Cc1cc(O)cc2c1C=NC2. The Bertz CT molecular complexity index is 402. The van der Waals surface area contributed by atoms with E-state index in [-0.39, 0.29) is 5.75 Å². The molecule has 12 heavy (non-hydrogen) atoms. The van der Waals surface area contributed by atoms with Gasteiger partial charge in [0.2, 0.25) is 0 Å². The van der Waals surface area contributed by atoms with Crippen LogP contribution in [-0.4, -0.2) is 11.3 Å². The van der Waals surface area contributed by atoms with Gasteiger partial charge in [-0.1, -0.05) is 0 Å². The molecular formula is C9H6N2O. The van der Waals surface area contributed by atoms with Crippen LogP contribution in [0.1, 0.15) is 16.7 Å². The van der Waals surface area contributed by atoms with Crippen LogP contribution in [0.15, 0.2) is 17.1 Å².